The Morgan fingerprint density at radius 3 is 2.76 bits per heavy atom. The summed E-state index contributed by atoms with van der Waals surface area (Å²) in [4.78, 5) is 2.59. The van der Waals surface area contributed by atoms with E-state index >= 15 is 0 Å². The molecule has 1 aromatic heterocycles. The van der Waals surface area contributed by atoms with Crippen molar-refractivity contribution in [2.24, 2.45) is 5.92 Å². The second kappa shape index (κ2) is 7.70. The maximum Gasteiger partial charge on any atom is 0.0651 e. The molecule has 0 aliphatic carbocycles. The van der Waals surface area contributed by atoms with Crippen LogP contribution in [0.3, 0.4) is 0 Å². The van der Waals surface area contributed by atoms with Crippen molar-refractivity contribution in [2.45, 2.75) is 25.8 Å². The molecule has 1 fully saturated rings. The molecule has 2 heterocycles. The van der Waals surface area contributed by atoms with Crippen LogP contribution in [0.5, 0.6) is 0 Å². The van der Waals surface area contributed by atoms with Crippen molar-refractivity contribution >= 4 is 16.6 Å². The molecule has 4 heteroatoms. The molecule has 2 N–H and O–H groups in total. The van der Waals surface area contributed by atoms with Crippen LogP contribution in [-0.2, 0) is 6.54 Å². The number of H-pyrrole nitrogens is 1. The summed E-state index contributed by atoms with van der Waals surface area (Å²) in [5, 5.41) is 11.8. The average molecular weight is 334 g/mol. The zero-order chi connectivity index (χ0) is 16.9. The van der Waals surface area contributed by atoms with Gasteiger partial charge < -0.3 is 5.32 Å². The Labute approximate surface area is 149 Å². The number of benzene rings is 2. The van der Waals surface area contributed by atoms with Crippen molar-refractivity contribution < 1.29 is 0 Å². The molecule has 0 saturated carbocycles. The van der Waals surface area contributed by atoms with Gasteiger partial charge in [0.1, 0.15) is 0 Å². The molecule has 130 valence electrons. The first-order valence-corrected chi connectivity index (χ1v) is 9.30. The van der Waals surface area contributed by atoms with Crippen molar-refractivity contribution in [1.29, 1.82) is 0 Å². The largest absolute Gasteiger partial charge is 0.385 e. The maximum absolute atomic E-state index is 4.08. The molecule has 0 atom stereocenters. The van der Waals surface area contributed by atoms with Crippen LogP contribution in [0.2, 0.25) is 0 Å². The summed E-state index contributed by atoms with van der Waals surface area (Å²) in [5.74, 6) is 0.845. The van der Waals surface area contributed by atoms with Crippen molar-refractivity contribution in [3.63, 3.8) is 0 Å². The van der Waals surface area contributed by atoms with Crippen LogP contribution in [0.1, 0.15) is 24.8 Å². The lowest BCUT2D eigenvalue weighted by atomic mass is 9.93. The van der Waals surface area contributed by atoms with Gasteiger partial charge in [-0.1, -0.05) is 30.3 Å². The molecule has 4 nitrogen and oxygen atoms in total. The molecule has 3 aromatic rings. The van der Waals surface area contributed by atoms with E-state index in [4.69, 9.17) is 0 Å². The number of hydrogen-bond acceptors (Lipinski definition) is 3. The molecule has 25 heavy (non-hydrogen) atoms. The molecule has 1 saturated heterocycles. The second-order valence-corrected chi connectivity index (χ2v) is 7.09. The van der Waals surface area contributed by atoms with E-state index < -0.39 is 0 Å². The van der Waals surface area contributed by atoms with Gasteiger partial charge in [-0.2, -0.15) is 5.10 Å². The predicted molar refractivity (Wildman–Crippen MR) is 104 cm³/mol. The third-order valence-electron chi connectivity index (χ3n) is 5.28. The van der Waals surface area contributed by atoms with Crippen molar-refractivity contribution in [1.82, 2.24) is 15.1 Å². The van der Waals surface area contributed by atoms with Crippen molar-refractivity contribution in [3.8, 4) is 0 Å². The minimum absolute atomic E-state index is 0.845. The second-order valence-electron chi connectivity index (χ2n) is 7.09. The lowest BCUT2D eigenvalue weighted by Gasteiger charge is -2.32. The number of hydrogen-bond donors (Lipinski definition) is 2. The predicted octanol–water partition coefficient (Wildman–Crippen LogP) is 4.28. The number of anilines is 1. The number of likely N-dealkylation sites (tertiary alicyclic amines) is 1. The molecule has 0 radical (unpaired) electrons. The lowest BCUT2D eigenvalue weighted by molar-refractivity contribution is 0.174. The maximum atomic E-state index is 4.08. The highest BCUT2D eigenvalue weighted by atomic mass is 15.1. The van der Waals surface area contributed by atoms with E-state index in [-0.39, 0.29) is 0 Å². The van der Waals surface area contributed by atoms with Crippen LogP contribution in [0.25, 0.3) is 10.9 Å². The number of aromatic amines is 1. The van der Waals surface area contributed by atoms with Gasteiger partial charge >= 0.3 is 0 Å². The van der Waals surface area contributed by atoms with Gasteiger partial charge in [-0.05, 0) is 62.0 Å². The molecule has 0 unspecified atom stereocenters. The zero-order valence-electron chi connectivity index (χ0n) is 14.6. The number of fused-ring (bicyclic) bond motifs is 1. The first-order chi connectivity index (χ1) is 12.4. The number of piperidine rings is 1. The van der Waals surface area contributed by atoms with E-state index in [1.807, 2.05) is 6.20 Å². The summed E-state index contributed by atoms with van der Waals surface area (Å²) in [6.45, 7) is 4.59. The molecular weight excluding hydrogens is 308 g/mol. The Morgan fingerprint density at radius 1 is 1.08 bits per heavy atom. The van der Waals surface area contributed by atoms with Crippen LogP contribution in [0.4, 0.5) is 5.69 Å². The lowest BCUT2D eigenvalue weighted by Crippen LogP contribution is -2.33. The SMILES string of the molecule is c1ccc(CN2CCC(CCNc3ccc4[nH]ncc4c3)CC2)cc1. The van der Waals surface area contributed by atoms with Crippen LogP contribution < -0.4 is 5.32 Å². The number of nitrogens with one attached hydrogen (secondary N) is 2. The highest BCUT2D eigenvalue weighted by Crippen LogP contribution is 2.22. The Balaban J connectivity index is 1.20. The first-order valence-electron chi connectivity index (χ1n) is 9.30. The van der Waals surface area contributed by atoms with Gasteiger partial charge in [-0.15, -0.1) is 0 Å². The first kappa shape index (κ1) is 16.2. The molecule has 0 bridgehead atoms. The highest BCUT2D eigenvalue weighted by Gasteiger charge is 2.18. The van der Waals surface area contributed by atoms with Gasteiger partial charge in [0.25, 0.3) is 0 Å². The van der Waals surface area contributed by atoms with Crippen LogP contribution >= 0.6 is 0 Å². The van der Waals surface area contributed by atoms with Crippen LogP contribution in [0.15, 0.2) is 54.7 Å². The van der Waals surface area contributed by atoms with Gasteiger partial charge in [-0.3, -0.25) is 10.00 Å². The fourth-order valence-electron chi connectivity index (χ4n) is 3.75. The van der Waals surface area contributed by atoms with Gasteiger partial charge in [0.2, 0.25) is 0 Å². The summed E-state index contributed by atoms with van der Waals surface area (Å²) >= 11 is 0. The minimum Gasteiger partial charge on any atom is -0.385 e. The van der Waals surface area contributed by atoms with Crippen molar-refractivity contribution in [2.75, 3.05) is 25.0 Å². The summed E-state index contributed by atoms with van der Waals surface area (Å²) in [6, 6.07) is 17.2. The fraction of sp³-hybridized carbons (Fsp3) is 0.381. The third kappa shape index (κ3) is 4.20. The smallest absolute Gasteiger partial charge is 0.0651 e. The van der Waals surface area contributed by atoms with Crippen LogP contribution in [0, 0.1) is 5.92 Å². The van der Waals surface area contributed by atoms with E-state index in [1.54, 1.807) is 0 Å². The summed E-state index contributed by atoms with van der Waals surface area (Å²) in [6.07, 6.45) is 5.76. The van der Waals surface area contributed by atoms with Crippen LogP contribution in [-0.4, -0.2) is 34.7 Å². The van der Waals surface area contributed by atoms with E-state index in [0.717, 1.165) is 24.5 Å². The van der Waals surface area contributed by atoms with Gasteiger partial charge in [0, 0.05) is 24.2 Å². The van der Waals surface area contributed by atoms with E-state index in [1.165, 1.54) is 49.0 Å². The average Bonchev–Trinajstić information content (AvgIpc) is 3.12. The molecule has 1 aliphatic rings. The molecule has 0 amide bonds. The Bertz CT molecular complexity index is 788. The highest BCUT2D eigenvalue weighted by molar-refractivity contribution is 5.81. The molecule has 0 spiro atoms. The normalized spacial score (nSPS) is 16.3. The molecule has 1 aliphatic heterocycles. The number of rotatable bonds is 6. The molecule has 4 rings (SSSR count). The summed E-state index contributed by atoms with van der Waals surface area (Å²) in [5.41, 5.74) is 3.71. The zero-order valence-corrected chi connectivity index (χ0v) is 14.6. The molecule has 2 aromatic carbocycles. The van der Waals surface area contributed by atoms with E-state index in [9.17, 15) is 0 Å². The Morgan fingerprint density at radius 2 is 1.92 bits per heavy atom. The summed E-state index contributed by atoms with van der Waals surface area (Å²) < 4.78 is 0. The standard InChI is InChI=1S/C21H26N4/c1-2-4-18(5-3-1)16-25-12-9-17(10-13-25)8-11-22-20-6-7-21-19(14-20)15-23-24-21/h1-7,14-15,17,22H,8-13,16H2,(H,23,24). The fourth-order valence-corrected chi connectivity index (χ4v) is 3.75. The Hall–Kier alpha value is -2.33. The van der Waals surface area contributed by atoms with Gasteiger partial charge in [-0.25, -0.2) is 0 Å². The topological polar surface area (TPSA) is 44.0 Å². The van der Waals surface area contributed by atoms with Gasteiger partial charge in [0.05, 0.1) is 11.7 Å². The van der Waals surface area contributed by atoms with Crippen molar-refractivity contribution in [3.05, 3.63) is 60.3 Å². The van der Waals surface area contributed by atoms with Gasteiger partial charge in [0.15, 0.2) is 0 Å². The monoisotopic (exact) mass is 334 g/mol. The quantitative estimate of drug-likeness (QED) is 0.707. The summed E-state index contributed by atoms with van der Waals surface area (Å²) in [7, 11) is 0. The van der Waals surface area contributed by atoms with E-state index in [2.05, 4.69) is 68.9 Å². The van der Waals surface area contributed by atoms with E-state index in [0.29, 0.717) is 0 Å². The third-order valence-corrected chi connectivity index (χ3v) is 5.28. The Kier molecular flexibility index (Phi) is 4.98. The number of aromatic nitrogens is 2. The molecular formula is C21H26N4. The minimum atomic E-state index is 0.845. The number of nitrogens with zero attached hydrogens (tertiary/aromatic N) is 2.